The second-order valence-electron chi connectivity index (χ2n) is 5.08. The molecule has 1 N–H and O–H groups in total. The average molecular weight is 200 g/mol. The zero-order valence-corrected chi connectivity index (χ0v) is 8.79. The predicted octanol–water partition coefficient (Wildman–Crippen LogP) is 3.07. The molecule has 0 atom stereocenters. The smallest absolute Gasteiger partial charge is 0.100 e. The molecule has 0 aromatic carbocycles. The van der Waals surface area contributed by atoms with Gasteiger partial charge in [0.15, 0.2) is 0 Å². The monoisotopic (exact) mass is 200 g/mol. The van der Waals surface area contributed by atoms with Crippen molar-refractivity contribution in [1.29, 1.82) is 0 Å². The van der Waals surface area contributed by atoms with Crippen molar-refractivity contribution in [2.75, 3.05) is 0 Å². The van der Waals surface area contributed by atoms with E-state index in [1.807, 2.05) is 0 Å². The molecule has 0 amide bonds. The summed E-state index contributed by atoms with van der Waals surface area (Å²) in [7, 11) is 0. The number of aliphatic hydroxyl groups excluding tert-OH is 1. The lowest BCUT2D eigenvalue weighted by Crippen LogP contribution is -2.27. The largest absolute Gasteiger partial charge is 0.393 e. The van der Waals surface area contributed by atoms with Gasteiger partial charge in [-0.3, -0.25) is 0 Å². The van der Waals surface area contributed by atoms with E-state index in [2.05, 4.69) is 0 Å². The lowest BCUT2D eigenvalue weighted by atomic mass is 9.72. The van der Waals surface area contributed by atoms with Gasteiger partial charge in [-0.25, -0.2) is 4.39 Å². The third-order valence-electron chi connectivity index (χ3n) is 4.11. The summed E-state index contributed by atoms with van der Waals surface area (Å²) < 4.78 is 12.9. The zero-order valence-electron chi connectivity index (χ0n) is 8.79. The van der Waals surface area contributed by atoms with Gasteiger partial charge in [-0.15, -0.1) is 0 Å². The van der Waals surface area contributed by atoms with Crippen molar-refractivity contribution in [1.82, 2.24) is 0 Å². The summed E-state index contributed by atoms with van der Waals surface area (Å²) in [4.78, 5) is 0. The molecule has 0 aliphatic heterocycles. The Morgan fingerprint density at radius 3 is 1.64 bits per heavy atom. The lowest BCUT2D eigenvalue weighted by Gasteiger charge is -2.35. The van der Waals surface area contributed by atoms with Gasteiger partial charge in [0.05, 0.1) is 6.10 Å². The maximum absolute atomic E-state index is 12.9. The Morgan fingerprint density at radius 2 is 1.14 bits per heavy atom. The van der Waals surface area contributed by atoms with Crippen LogP contribution in [0, 0.1) is 11.8 Å². The van der Waals surface area contributed by atoms with Crippen molar-refractivity contribution in [3.05, 3.63) is 0 Å². The van der Waals surface area contributed by atoms with Crippen LogP contribution in [0.2, 0.25) is 0 Å². The molecule has 0 spiro atoms. The van der Waals surface area contributed by atoms with Gasteiger partial charge in [0.2, 0.25) is 0 Å². The van der Waals surface area contributed by atoms with Crippen molar-refractivity contribution in [2.24, 2.45) is 11.8 Å². The summed E-state index contributed by atoms with van der Waals surface area (Å²) >= 11 is 0. The van der Waals surface area contributed by atoms with Crippen LogP contribution in [0.15, 0.2) is 0 Å². The van der Waals surface area contributed by atoms with Gasteiger partial charge >= 0.3 is 0 Å². The van der Waals surface area contributed by atoms with E-state index in [-0.39, 0.29) is 6.10 Å². The average Bonchev–Trinajstić information content (AvgIpc) is 2.21. The SMILES string of the molecule is OC1CCC(C2CCC(F)CC2)CC1. The van der Waals surface area contributed by atoms with E-state index in [9.17, 15) is 9.50 Å². The van der Waals surface area contributed by atoms with Crippen molar-refractivity contribution in [3.8, 4) is 0 Å². The number of hydrogen-bond donors (Lipinski definition) is 1. The van der Waals surface area contributed by atoms with Crippen LogP contribution in [0.1, 0.15) is 51.4 Å². The highest BCUT2D eigenvalue weighted by molar-refractivity contribution is 4.81. The summed E-state index contributed by atoms with van der Waals surface area (Å²) in [6.45, 7) is 0. The third kappa shape index (κ3) is 2.47. The van der Waals surface area contributed by atoms with Crippen molar-refractivity contribution >= 4 is 0 Å². The maximum atomic E-state index is 12.9. The molecule has 0 heterocycles. The van der Waals surface area contributed by atoms with Crippen LogP contribution >= 0.6 is 0 Å². The van der Waals surface area contributed by atoms with Gasteiger partial charge in [-0.05, 0) is 63.2 Å². The van der Waals surface area contributed by atoms with Gasteiger partial charge in [0.25, 0.3) is 0 Å². The highest BCUT2D eigenvalue weighted by Crippen LogP contribution is 2.38. The fourth-order valence-corrected chi connectivity index (χ4v) is 3.12. The molecule has 2 aliphatic carbocycles. The molecule has 0 aromatic rings. The topological polar surface area (TPSA) is 20.2 Å². The Labute approximate surface area is 85.7 Å². The molecule has 0 saturated heterocycles. The molecular weight excluding hydrogens is 179 g/mol. The van der Waals surface area contributed by atoms with Crippen LogP contribution < -0.4 is 0 Å². The fraction of sp³-hybridized carbons (Fsp3) is 1.00. The normalized spacial score (nSPS) is 45.0. The van der Waals surface area contributed by atoms with Gasteiger partial charge in [-0.2, -0.15) is 0 Å². The summed E-state index contributed by atoms with van der Waals surface area (Å²) in [5.41, 5.74) is 0. The van der Waals surface area contributed by atoms with Gasteiger partial charge < -0.3 is 5.11 Å². The molecule has 82 valence electrons. The second kappa shape index (κ2) is 4.61. The Hall–Kier alpha value is -0.110. The molecule has 14 heavy (non-hydrogen) atoms. The minimum Gasteiger partial charge on any atom is -0.393 e. The first-order chi connectivity index (χ1) is 6.75. The summed E-state index contributed by atoms with van der Waals surface area (Å²) in [6.07, 6.45) is 7.44. The van der Waals surface area contributed by atoms with E-state index in [4.69, 9.17) is 0 Å². The number of alkyl halides is 1. The molecular formula is C12H21FO. The highest BCUT2D eigenvalue weighted by Gasteiger charge is 2.30. The van der Waals surface area contributed by atoms with E-state index in [0.717, 1.165) is 50.4 Å². The Bertz CT molecular complexity index is 147. The minimum atomic E-state index is -0.527. The number of halogens is 1. The second-order valence-corrected chi connectivity index (χ2v) is 5.08. The Kier molecular flexibility index (Phi) is 3.42. The molecule has 2 heteroatoms. The molecule has 2 fully saturated rings. The Balaban J connectivity index is 1.78. The minimum absolute atomic E-state index is 0.0521. The van der Waals surface area contributed by atoms with Crippen molar-refractivity contribution in [3.63, 3.8) is 0 Å². The molecule has 2 saturated carbocycles. The van der Waals surface area contributed by atoms with E-state index >= 15 is 0 Å². The van der Waals surface area contributed by atoms with Crippen LogP contribution in [-0.4, -0.2) is 17.4 Å². The number of hydrogen-bond acceptors (Lipinski definition) is 1. The van der Waals surface area contributed by atoms with Crippen LogP contribution in [0.3, 0.4) is 0 Å². The van der Waals surface area contributed by atoms with Gasteiger partial charge in [0.1, 0.15) is 6.17 Å². The lowest BCUT2D eigenvalue weighted by molar-refractivity contribution is 0.0730. The molecule has 1 nitrogen and oxygen atoms in total. The summed E-state index contributed by atoms with van der Waals surface area (Å²) in [5.74, 6) is 1.54. The molecule has 0 radical (unpaired) electrons. The fourth-order valence-electron chi connectivity index (χ4n) is 3.12. The van der Waals surface area contributed by atoms with Crippen LogP contribution in [0.25, 0.3) is 0 Å². The van der Waals surface area contributed by atoms with Crippen molar-refractivity contribution in [2.45, 2.75) is 63.6 Å². The van der Waals surface area contributed by atoms with Crippen LogP contribution in [0.5, 0.6) is 0 Å². The number of rotatable bonds is 1. The van der Waals surface area contributed by atoms with E-state index in [1.54, 1.807) is 0 Å². The molecule has 0 unspecified atom stereocenters. The standard InChI is InChI=1S/C12H21FO/c13-11-5-1-9(2-6-11)10-3-7-12(14)8-4-10/h9-12,14H,1-8H2. The molecule has 2 aliphatic rings. The Morgan fingerprint density at radius 1 is 0.714 bits per heavy atom. The van der Waals surface area contributed by atoms with E-state index in [0.29, 0.717) is 0 Å². The molecule has 0 aromatic heterocycles. The van der Waals surface area contributed by atoms with E-state index in [1.165, 1.54) is 12.8 Å². The van der Waals surface area contributed by atoms with Gasteiger partial charge in [-0.1, -0.05) is 0 Å². The van der Waals surface area contributed by atoms with Crippen molar-refractivity contribution < 1.29 is 9.50 Å². The first-order valence-electron chi connectivity index (χ1n) is 6.08. The first kappa shape index (κ1) is 10.4. The summed E-state index contributed by atoms with van der Waals surface area (Å²) in [6, 6.07) is 0. The molecule has 2 rings (SSSR count). The zero-order chi connectivity index (χ0) is 9.97. The maximum Gasteiger partial charge on any atom is 0.100 e. The predicted molar refractivity (Wildman–Crippen MR) is 54.8 cm³/mol. The highest BCUT2D eigenvalue weighted by atomic mass is 19.1. The number of aliphatic hydroxyl groups is 1. The van der Waals surface area contributed by atoms with Crippen LogP contribution in [0.4, 0.5) is 4.39 Å². The first-order valence-corrected chi connectivity index (χ1v) is 6.08. The van der Waals surface area contributed by atoms with E-state index < -0.39 is 6.17 Å². The quantitative estimate of drug-likeness (QED) is 0.689. The third-order valence-corrected chi connectivity index (χ3v) is 4.11. The van der Waals surface area contributed by atoms with Crippen LogP contribution in [-0.2, 0) is 0 Å². The molecule has 0 bridgehead atoms. The van der Waals surface area contributed by atoms with Gasteiger partial charge in [0, 0.05) is 0 Å². The summed E-state index contributed by atoms with van der Waals surface area (Å²) in [5, 5.41) is 9.41.